The summed E-state index contributed by atoms with van der Waals surface area (Å²) in [6.07, 6.45) is -2.51. The summed E-state index contributed by atoms with van der Waals surface area (Å²) in [6.45, 7) is 13.3. The summed E-state index contributed by atoms with van der Waals surface area (Å²) in [5, 5.41) is 0. The number of hydrogen-bond acceptors (Lipinski definition) is 12. The second kappa shape index (κ2) is 18.8. The Morgan fingerprint density at radius 3 is 1.88 bits per heavy atom. The molecule has 0 bridgehead atoms. The van der Waals surface area contributed by atoms with Gasteiger partial charge < -0.3 is 47.4 Å². The van der Waals surface area contributed by atoms with E-state index in [0.29, 0.717) is 24.2 Å². The molecule has 2 aromatic carbocycles. The molecular weight excluding hydrogens is 689 g/mol. The first kappa shape index (κ1) is 40.1. The van der Waals surface area contributed by atoms with Crippen molar-refractivity contribution < 1.29 is 57.0 Å². The SMILES string of the molecule is CO[C@@H]1C[C@@H](O[C@@H]2C(C)OC=C[C@H]2OCOCC[Si](C)(C)C)OC(C)[C@H]1O[C@H]1C[C@@H](OC(=O)c2ccccc2)[C@H](OC(=O)c2ccccc2)C(C)O1. The van der Waals surface area contributed by atoms with Crippen molar-refractivity contribution in [3.05, 3.63) is 84.1 Å². The monoisotopic (exact) mass is 742 g/mol. The van der Waals surface area contributed by atoms with Gasteiger partial charge in [-0.05, 0) is 57.2 Å². The van der Waals surface area contributed by atoms with Crippen LogP contribution in [-0.4, -0.2) is 108 Å². The highest BCUT2D eigenvalue weighted by Gasteiger charge is 2.47. The van der Waals surface area contributed by atoms with Gasteiger partial charge in [0.15, 0.2) is 18.7 Å². The minimum Gasteiger partial charge on any atom is -0.496 e. The topological polar surface area (TPSA) is 126 Å². The standard InChI is InChI=1S/C39H54O12Si/c1-25-35(30(18-19-44-25)45-24-43-20-21-52(5,6)7)49-33-22-31(42-4)36(26(2)46-33)50-34-23-32(48-38(40)28-14-10-8-11-15-28)37(27(3)47-34)51-39(41)29-16-12-9-13-17-29/h8-19,25-27,30-37H,20-24H2,1-7H3/t25?,26?,27?,30-,31-,32-,33-,34+,35-,36-,37-/m1/s1. The fraction of sp³-hybridized carbons (Fsp3) is 0.590. The van der Waals surface area contributed by atoms with Crippen molar-refractivity contribution in [2.45, 2.75) is 127 Å². The normalized spacial score (nSPS) is 32.1. The Hall–Kier alpha value is -3.14. The van der Waals surface area contributed by atoms with Gasteiger partial charge >= 0.3 is 11.9 Å². The summed E-state index contributed by atoms with van der Waals surface area (Å²) in [7, 11) is 0.405. The lowest BCUT2D eigenvalue weighted by Gasteiger charge is -2.45. The molecule has 3 unspecified atom stereocenters. The number of ether oxygens (including phenoxy) is 10. The summed E-state index contributed by atoms with van der Waals surface area (Å²) in [5.74, 6) is -1.09. The Kier molecular flexibility index (Phi) is 14.4. The van der Waals surface area contributed by atoms with Gasteiger partial charge in [0.05, 0.1) is 35.7 Å². The van der Waals surface area contributed by atoms with Gasteiger partial charge in [0.2, 0.25) is 0 Å². The van der Waals surface area contributed by atoms with Gasteiger partial charge in [-0.2, -0.15) is 0 Å². The zero-order valence-corrected chi connectivity index (χ0v) is 32.2. The van der Waals surface area contributed by atoms with Gasteiger partial charge in [-0.25, -0.2) is 9.59 Å². The number of benzene rings is 2. The number of hydrogen-bond donors (Lipinski definition) is 0. The third-order valence-electron chi connectivity index (χ3n) is 9.37. The van der Waals surface area contributed by atoms with E-state index in [4.69, 9.17) is 47.4 Å². The van der Waals surface area contributed by atoms with Crippen LogP contribution in [0.1, 0.15) is 54.3 Å². The Labute approximate surface area is 307 Å². The maximum absolute atomic E-state index is 13.2. The van der Waals surface area contributed by atoms with Crippen molar-refractivity contribution >= 4 is 20.0 Å². The average Bonchev–Trinajstić information content (AvgIpc) is 3.12. The van der Waals surface area contributed by atoms with Gasteiger partial charge in [-0.3, -0.25) is 0 Å². The van der Waals surface area contributed by atoms with Gasteiger partial charge in [0.1, 0.15) is 37.3 Å². The lowest BCUT2D eigenvalue weighted by Crippen LogP contribution is -2.56. The molecule has 3 heterocycles. The maximum atomic E-state index is 13.2. The summed E-state index contributed by atoms with van der Waals surface area (Å²) in [5.41, 5.74) is 0.755. The molecule has 0 spiro atoms. The first-order valence-corrected chi connectivity index (χ1v) is 21.8. The molecule has 12 nitrogen and oxygen atoms in total. The van der Waals surface area contributed by atoms with E-state index in [1.807, 2.05) is 32.1 Å². The van der Waals surface area contributed by atoms with Crippen molar-refractivity contribution in [2.75, 3.05) is 20.5 Å². The van der Waals surface area contributed by atoms with E-state index in [-0.39, 0.29) is 25.4 Å². The average molecular weight is 743 g/mol. The van der Waals surface area contributed by atoms with Crippen LogP contribution in [0.2, 0.25) is 25.7 Å². The predicted octanol–water partition coefficient (Wildman–Crippen LogP) is 6.12. The van der Waals surface area contributed by atoms with Crippen LogP contribution in [0.5, 0.6) is 0 Å². The summed E-state index contributed by atoms with van der Waals surface area (Å²) in [4.78, 5) is 26.3. The van der Waals surface area contributed by atoms with E-state index in [0.717, 1.165) is 6.04 Å². The van der Waals surface area contributed by atoms with Crippen molar-refractivity contribution in [2.24, 2.45) is 0 Å². The quantitative estimate of drug-likeness (QED) is 0.0903. The van der Waals surface area contributed by atoms with E-state index >= 15 is 0 Å². The maximum Gasteiger partial charge on any atom is 0.338 e. The van der Waals surface area contributed by atoms with Gasteiger partial charge in [0, 0.05) is 34.6 Å². The van der Waals surface area contributed by atoms with Crippen molar-refractivity contribution in [1.82, 2.24) is 0 Å². The zero-order chi connectivity index (χ0) is 37.3. The number of carbonyl (C=O) groups is 2. The molecule has 3 aliphatic rings. The molecule has 5 rings (SSSR count). The fourth-order valence-corrected chi connectivity index (χ4v) is 7.14. The largest absolute Gasteiger partial charge is 0.496 e. The number of rotatable bonds is 15. The Balaban J connectivity index is 1.21. The Bertz CT molecular complexity index is 1440. The minimum absolute atomic E-state index is 0.109. The van der Waals surface area contributed by atoms with E-state index in [2.05, 4.69) is 19.6 Å². The predicted molar refractivity (Wildman–Crippen MR) is 193 cm³/mol. The van der Waals surface area contributed by atoms with Crippen LogP contribution in [0.3, 0.4) is 0 Å². The summed E-state index contributed by atoms with van der Waals surface area (Å²) in [6, 6.07) is 18.4. The molecule has 3 aliphatic heterocycles. The van der Waals surface area contributed by atoms with Crippen LogP contribution < -0.4 is 0 Å². The third kappa shape index (κ3) is 11.2. The molecule has 2 aromatic rings. The number of esters is 2. The highest BCUT2D eigenvalue weighted by Crippen LogP contribution is 2.34. The van der Waals surface area contributed by atoms with E-state index < -0.39 is 75.3 Å². The summed E-state index contributed by atoms with van der Waals surface area (Å²) >= 11 is 0. The molecule has 0 aliphatic carbocycles. The Morgan fingerprint density at radius 2 is 1.29 bits per heavy atom. The zero-order valence-electron chi connectivity index (χ0n) is 31.2. The van der Waals surface area contributed by atoms with Crippen LogP contribution in [0.25, 0.3) is 0 Å². The highest BCUT2D eigenvalue weighted by molar-refractivity contribution is 6.76. The molecule has 0 saturated carbocycles. The van der Waals surface area contributed by atoms with Crippen molar-refractivity contribution in [3.63, 3.8) is 0 Å². The van der Waals surface area contributed by atoms with Crippen LogP contribution >= 0.6 is 0 Å². The number of carbonyl (C=O) groups excluding carboxylic acids is 2. The molecule has 286 valence electrons. The molecule has 0 amide bonds. The molecule has 11 atom stereocenters. The number of methoxy groups -OCH3 is 1. The second-order valence-corrected chi connectivity index (χ2v) is 20.3. The second-order valence-electron chi connectivity index (χ2n) is 14.7. The lowest BCUT2D eigenvalue weighted by molar-refractivity contribution is -0.324. The molecule has 2 saturated heterocycles. The van der Waals surface area contributed by atoms with E-state index in [1.165, 1.54) is 0 Å². The fourth-order valence-electron chi connectivity index (χ4n) is 6.39. The first-order chi connectivity index (χ1) is 24.9. The van der Waals surface area contributed by atoms with Crippen LogP contribution in [0, 0.1) is 0 Å². The molecule has 52 heavy (non-hydrogen) atoms. The van der Waals surface area contributed by atoms with E-state index in [9.17, 15) is 9.59 Å². The van der Waals surface area contributed by atoms with Crippen molar-refractivity contribution in [3.8, 4) is 0 Å². The third-order valence-corrected chi connectivity index (χ3v) is 11.1. The van der Waals surface area contributed by atoms with Crippen LogP contribution in [0.15, 0.2) is 73.0 Å². The van der Waals surface area contributed by atoms with E-state index in [1.54, 1.807) is 68.8 Å². The first-order valence-electron chi connectivity index (χ1n) is 18.1. The molecule has 0 N–H and O–H groups in total. The molecule has 2 fully saturated rings. The van der Waals surface area contributed by atoms with Gasteiger partial charge in [-0.1, -0.05) is 56.0 Å². The smallest absolute Gasteiger partial charge is 0.338 e. The Morgan fingerprint density at radius 1 is 0.731 bits per heavy atom. The van der Waals surface area contributed by atoms with Crippen LogP contribution in [0.4, 0.5) is 0 Å². The highest BCUT2D eigenvalue weighted by atomic mass is 28.3. The molecule has 13 heteroatoms. The molecular formula is C39H54O12Si. The van der Waals surface area contributed by atoms with Crippen molar-refractivity contribution in [1.29, 1.82) is 0 Å². The molecule has 0 radical (unpaired) electrons. The minimum atomic E-state index is -1.21. The van der Waals surface area contributed by atoms with Gasteiger partial charge in [0.25, 0.3) is 0 Å². The summed E-state index contributed by atoms with van der Waals surface area (Å²) < 4.78 is 61.0. The molecule has 0 aromatic heterocycles. The van der Waals surface area contributed by atoms with Crippen LogP contribution in [-0.2, 0) is 47.4 Å². The lowest BCUT2D eigenvalue weighted by atomic mass is 9.99. The van der Waals surface area contributed by atoms with Gasteiger partial charge in [-0.15, -0.1) is 0 Å².